The molecular formula is C7H14N4. The summed E-state index contributed by atoms with van der Waals surface area (Å²) in [4.78, 5) is 0. The van der Waals surface area contributed by atoms with Gasteiger partial charge in [-0.3, -0.25) is 5.10 Å². The van der Waals surface area contributed by atoms with Gasteiger partial charge in [-0.2, -0.15) is 5.10 Å². The van der Waals surface area contributed by atoms with Gasteiger partial charge in [-0.1, -0.05) is 13.8 Å². The lowest BCUT2D eigenvalue weighted by Crippen LogP contribution is -2.21. The van der Waals surface area contributed by atoms with E-state index in [1.807, 2.05) is 6.07 Å². The fraction of sp³-hybridized carbons (Fsp3) is 0.571. The van der Waals surface area contributed by atoms with Gasteiger partial charge in [-0.15, -0.1) is 0 Å². The molecule has 4 heteroatoms. The van der Waals surface area contributed by atoms with Gasteiger partial charge in [0.1, 0.15) is 5.82 Å². The summed E-state index contributed by atoms with van der Waals surface area (Å²) in [6.07, 6.45) is 0. The SMILES string of the molecule is CC(C)NCc1cc(N)n[nH]1. The van der Waals surface area contributed by atoms with Crippen molar-refractivity contribution in [1.29, 1.82) is 0 Å². The fourth-order valence-electron chi connectivity index (χ4n) is 0.784. The molecule has 4 nitrogen and oxygen atoms in total. The van der Waals surface area contributed by atoms with E-state index < -0.39 is 0 Å². The van der Waals surface area contributed by atoms with Crippen LogP contribution in [-0.4, -0.2) is 16.2 Å². The highest BCUT2D eigenvalue weighted by molar-refractivity contribution is 5.28. The third kappa shape index (κ3) is 2.59. The third-order valence-corrected chi connectivity index (χ3v) is 1.35. The van der Waals surface area contributed by atoms with E-state index in [0.29, 0.717) is 11.9 Å². The number of nitrogens with one attached hydrogen (secondary N) is 2. The topological polar surface area (TPSA) is 66.7 Å². The van der Waals surface area contributed by atoms with Gasteiger partial charge >= 0.3 is 0 Å². The lowest BCUT2D eigenvalue weighted by atomic mass is 10.3. The normalized spacial score (nSPS) is 10.8. The Balaban J connectivity index is 2.39. The first-order valence-electron chi connectivity index (χ1n) is 3.71. The molecule has 11 heavy (non-hydrogen) atoms. The van der Waals surface area contributed by atoms with E-state index in [2.05, 4.69) is 29.4 Å². The van der Waals surface area contributed by atoms with Crippen LogP contribution in [0.5, 0.6) is 0 Å². The smallest absolute Gasteiger partial charge is 0.145 e. The zero-order chi connectivity index (χ0) is 8.27. The minimum absolute atomic E-state index is 0.486. The molecule has 1 heterocycles. The fourth-order valence-corrected chi connectivity index (χ4v) is 0.784. The summed E-state index contributed by atoms with van der Waals surface area (Å²) in [5.41, 5.74) is 6.44. The molecule has 1 rings (SSSR count). The Morgan fingerprint density at radius 3 is 2.91 bits per heavy atom. The maximum atomic E-state index is 5.41. The summed E-state index contributed by atoms with van der Waals surface area (Å²) in [6.45, 7) is 4.99. The van der Waals surface area contributed by atoms with Crippen molar-refractivity contribution in [1.82, 2.24) is 15.5 Å². The Hall–Kier alpha value is -1.03. The highest BCUT2D eigenvalue weighted by Gasteiger charge is 1.97. The second-order valence-corrected chi connectivity index (χ2v) is 2.85. The van der Waals surface area contributed by atoms with Gasteiger partial charge in [0.15, 0.2) is 0 Å². The van der Waals surface area contributed by atoms with Crippen molar-refractivity contribution < 1.29 is 0 Å². The zero-order valence-electron chi connectivity index (χ0n) is 6.89. The van der Waals surface area contributed by atoms with Crippen molar-refractivity contribution in [3.63, 3.8) is 0 Å². The molecule has 0 fully saturated rings. The number of nitrogens with two attached hydrogens (primary N) is 1. The molecule has 0 aliphatic heterocycles. The maximum absolute atomic E-state index is 5.41. The van der Waals surface area contributed by atoms with E-state index in [1.165, 1.54) is 0 Å². The molecule has 62 valence electrons. The van der Waals surface area contributed by atoms with Crippen LogP contribution in [0.1, 0.15) is 19.5 Å². The van der Waals surface area contributed by atoms with Crippen molar-refractivity contribution in [2.45, 2.75) is 26.4 Å². The van der Waals surface area contributed by atoms with Crippen LogP contribution in [0.4, 0.5) is 5.82 Å². The molecule has 0 saturated carbocycles. The van der Waals surface area contributed by atoms with Crippen LogP contribution >= 0.6 is 0 Å². The van der Waals surface area contributed by atoms with Gasteiger partial charge in [0.2, 0.25) is 0 Å². The molecule has 0 aromatic carbocycles. The summed E-state index contributed by atoms with van der Waals surface area (Å²) < 4.78 is 0. The van der Waals surface area contributed by atoms with E-state index in [-0.39, 0.29) is 0 Å². The Kier molecular flexibility index (Phi) is 2.48. The molecule has 0 amide bonds. The van der Waals surface area contributed by atoms with Gasteiger partial charge in [0.25, 0.3) is 0 Å². The number of H-pyrrole nitrogens is 1. The van der Waals surface area contributed by atoms with Gasteiger partial charge in [-0.25, -0.2) is 0 Å². The average molecular weight is 154 g/mol. The largest absolute Gasteiger partial charge is 0.382 e. The van der Waals surface area contributed by atoms with Crippen molar-refractivity contribution in [2.24, 2.45) is 0 Å². The highest BCUT2D eigenvalue weighted by Crippen LogP contribution is 1.99. The predicted octanol–water partition coefficient (Wildman–Crippen LogP) is 0.490. The van der Waals surface area contributed by atoms with Crippen LogP contribution in [0.25, 0.3) is 0 Å². The van der Waals surface area contributed by atoms with Gasteiger partial charge in [0.05, 0.1) is 5.69 Å². The van der Waals surface area contributed by atoms with Gasteiger partial charge in [0, 0.05) is 18.7 Å². The highest BCUT2D eigenvalue weighted by atomic mass is 15.2. The molecule has 4 N–H and O–H groups in total. The Labute approximate surface area is 66.2 Å². The number of rotatable bonds is 3. The molecule has 0 aliphatic rings. The number of nitrogens with zero attached hydrogens (tertiary/aromatic N) is 1. The second kappa shape index (κ2) is 3.39. The summed E-state index contributed by atoms with van der Waals surface area (Å²) in [5, 5.41) is 9.88. The van der Waals surface area contributed by atoms with E-state index >= 15 is 0 Å². The molecule has 0 atom stereocenters. The molecule has 0 unspecified atom stereocenters. The first-order valence-corrected chi connectivity index (χ1v) is 3.71. The minimum atomic E-state index is 0.486. The van der Waals surface area contributed by atoms with Crippen LogP contribution in [0.2, 0.25) is 0 Å². The quantitative estimate of drug-likeness (QED) is 0.593. The van der Waals surface area contributed by atoms with Crippen molar-refractivity contribution >= 4 is 5.82 Å². The Morgan fingerprint density at radius 2 is 2.45 bits per heavy atom. The van der Waals surface area contributed by atoms with Crippen LogP contribution in [-0.2, 0) is 6.54 Å². The van der Waals surface area contributed by atoms with E-state index in [0.717, 1.165) is 12.2 Å². The molecule has 1 aromatic rings. The molecule has 0 spiro atoms. The monoisotopic (exact) mass is 154 g/mol. The number of hydrogen-bond acceptors (Lipinski definition) is 3. The molecule has 0 radical (unpaired) electrons. The Morgan fingerprint density at radius 1 is 1.73 bits per heavy atom. The summed E-state index contributed by atoms with van der Waals surface area (Å²) >= 11 is 0. The number of nitrogen functional groups attached to an aromatic ring is 1. The van der Waals surface area contributed by atoms with Crippen molar-refractivity contribution in [2.75, 3.05) is 5.73 Å². The van der Waals surface area contributed by atoms with Crippen LogP contribution < -0.4 is 11.1 Å². The summed E-state index contributed by atoms with van der Waals surface area (Å²) in [5.74, 6) is 0.547. The van der Waals surface area contributed by atoms with Crippen molar-refractivity contribution in [3.8, 4) is 0 Å². The molecule has 0 bridgehead atoms. The molecule has 0 aliphatic carbocycles. The van der Waals surface area contributed by atoms with Crippen LogP contribution in [0.15, 0.2) is 6.07 Å². The predicted molar refractivity (Wildman–Crippen MR) is 45.0 cm³/mol. The number of aromatic nitrogens is 2. The number of aromatic amines is 1. The third-order valence-electron chi connectivity index (χ3n) is 1.35. The summed E-state index contributed by atoms with van der Waals surface area (Å²) in [7, 11) is 0. The molecule has 1 aromatic heterocycles. The number of anilines is 1. The van der Waals surface area contributed by atoms with E-state index in [4.69, 9.17) is 5.73 Å². The van der Waals surface area contributed by atoms with E-state index in [1.54, 1.807) is 0 Å². The van der Waals surface area contributed by atoms with Crippen LogP contribution in [0.3, 0.4) is 0 Å². The zero-order valence-corrected chi connectivity index (χ0v) is 6.89. The van der Waals surface area contributed by atoms with Gasteiger partial charge < -0.3 is 11.1 Å². The number of hydrogen-bond donors (Lipinski definition) is 3. The lowest BCUT2D eigenvalue weighted by Gasteiger charge is -2.04. The first-order chi connectivity index (χ1) is 5.18. The second-order valence-electron chi connectivity index (χ2n) is 2.85. The van der Waals surface area contributed by atoms with E-state index in [9.17, 15) is 0 Å². The standard InChI is InChI=1S/C7H14N4/c1-5(2)9-4-6-3-7(8)11-10-6/h3,5,9H,4H2,1-2H3,(H3,8,10,11). The molecule has 0 saturated heterocycles. The minimum Gasteiger partial charge on any atom is -0.382 e. The maximum Gasteiger partial charge on any atom is 0.145 e. The van der Waals surface area contributed by atoms with Gasteiger partial charge in [-0.05, 0) is 0 Å². The summed E-state index contributed by atoms with van der Waals surface area (Å²) in [6, 6.07) is 2.31. The Bertz CT molecular complexity index is 216. The van der Waals surface area contributed by atoms with Crippen LogP contribution in [0, 0.1) is 0 Å². The lowest BCUT2D eigenvalue weighted by molar-refractivity contribution is 0.580. The first kappa shape index (κ1) is 8.07. The average Bonchev–Trinajstić information content (AvgIpc) is 2.31. The van der Waals surface area contributed by atoms with Crippen molar-refractivity contribution in [3.05, 3.63) is 11.8 Å². The molecular weight excluding hydrogens is 140 g/mol.